The molecular formula is C31H33NP+. The van der Waals surface area contributed by atoms with E-state index in [9.17, 15) is 0 Å². The molecule has 1 nitrogen and oxygen atoms in total. The largest absolute Gasteiger partial charge is 0.385 e. The molecule has 1 aliphatic heterocycles. The van der Waals surface area contributed by atoms with Crippen LogP contribution in [0, 0.1) is 0 Å². The first-order chi connectivity index (χ1) is 16.0. The molecule has 0 aliphatic carbocycles. The first-order valence-corrected chi connectivity index (χ1v) is 13.8. The Hall–Kier alpha value is -2.89. The van der Waals surface area contributed by atoms with Crippen LogP contribution in [0.2, 0.25) is 0 Å². The summed E-state index contributed by atoms with van der Waals surface area (Å²) in [7, 11) is -1.96. The van der Waals surface area contributed by atoms with E-state index in [-0.39, 0.29) is 5.41 Å². The van der Waals surface area contributed by atoms with Crippen molar-refractivity contribution in [3.63, 3.8) is 0 Å². The number of rotatable bonds is 5. The number of hydrogen-bond acceptors (Lipinski definition) is 1. The Morgan fingerprint density at radius 3 is 1.67 bits per heavy atom. The summed E-state index contributed by atoms with van der Waals surface area (Å²) in [6.07, 6.45) is 1.16. The smallest absolute Gasteiger partial charge is 0.119 e. The van der Waals surface area contributed by atoms with E-state index in [0.29, 0.717) is 5.66 Å². The zero-order valence-corrected chi connectivity index (χ0v) is 20.7. The van der Waals surface area contributed by atoms with E-state index in [1.165, 1.54) is 32.7 Å². The second kappa shape index (κ2) is 8.81. The number of benzene rings is 4. The van der Waals surface area contributed by atoms with Crippen LogP contribution in [0.4, 0.5) is 5.69 Å². The summed E-state index contributed by atoms with van der Waals surface area (Å²) >= 11 is 0. The van der Waals surface area contributed by atoms with Gasteiger partial charge in [0.2, 0.25) is 0 Å². The predicted molar refractivity (Wildman–Crippen MR) is 146 cm³/mol. The van der Waals surface area contributed by atoms with E-state index in [1.54, 1.807) is 0 Å². The number of hydrogen-bond donors (Lipinski definition) is 1. The Balaban J connectivity index is 1.78. The maximum atomic E-state index is 3.63. The van der Waals surface area contributed by atoms with Gasteiger partial charge in [-0.15, -0.1) is 0 Å². The zero-order valence-electron chi connectivity index (χ0n) is 19.8. The summed E-state index contributed by atoms with van der Waals surface area (Å²) < 4.78 is 0. The van der Waals surface area contributed by atoms with Gasteiger partial charge in [0, 0.05) is 12.2 Å². The highest BCUT2D eigenvalue weighted by atomic mass is 31.2. The monoisotopic (exact) mass is 450 g/mol. The van der Waals surface area contributed by atoms with Crippen molar-refractivity contribution < 1.29 is 0 Å². The topological polar surface area (TPSA) is 12.0 Å². The average Bonchev–Trinajstić information content (AvgIpc) is 2.86. The van der Waals surface area contributed by atoms with Crippen molar-refractivity contribution in [3.8, 4) is 0 Å². The summed E-state index contributed by atoms with van der Waals surface area (Å²) in [5, 5.41) is 7.93. The van der Waals surface area contributed by atoms with Crippen molar-refractivity contribution in [2.75, 3.05) is 11.9 Å². The van der Waals surface area contributed by atoms with E-state index in [0.717, 1.165) is 13.0 Å². The molecule has 166 valence electrons. The molecule has 1 aliphatic rings. The normalized spacial score (nSPS) is 15.8. The van der Waals surface area contributed by atoms with Crippen LogP contribution in [0.3, 0.4) is 0 Å². The van der Waals surface area contributed by atoms with Gasteiger partial charge in [-0.1, -0.05) is 74.5 Å². The van der Waals surface area contributed by atoms with Gasteiger partial charge in [0.05, 0.1) is 0 Å². The van der Waals surface area contributed by atoms with E-state index in [2.05, 4.69) is 135 Å². The summed E-state index contributed by atoms with van der Waals surface area (Å²) in [6, 6.07) is 40.8. The van der Waals surface area contributed by atoms with E-state index in [1.807, 2.05) is 0 Å². The summed E-state index contributed by atoms with van der Waals surface area (Å²) in [5.74, 6) is 0. The van der Waals surface area contributed by atoms with Gasteiger partial charge >= 0.3 is 0 Å². The molecule has 0 fully saturated rings. The van der Waals surface area contributed by atoms with Gasteiger partial charge in [-0.25, -0.2) is 0 Å². The fourth-order valence-electron chi connectivity index (χ4n) is 5.51. The maximum absolute atomic E-state index is 3.63. The van der Waals surface area contributed by atoms with E-state index < -0.39 is 7.26 Å². The Labute approximate surface area is 199 Å². The Morgan fingerprint density at radius 2 is 1.18 bits per heavy atom. The Morgan fingerprint density at radius 1 is 0.697 bits per heavy atom. The lowest BCUT2D eigenvalue weighted by Crippen LogP contribution is -2.34. The first-order valence-electron chi connectivity index (χ1n) is 12.0. The van der Waals surface area contributed by atoms with Gasteiger partial charge < -0.3 is 5.32 Å². The van der Waals surface area contributed by atoms with E-state index in [4.69, 9.17) is 0 Å². The van der Waals surface area contributed by atoms with Crippen molar-refractivity contribution >= 4 is 28.9 Å². The standard InChI is InChI=1S/C31H33NP/c1-24(25-19-20-30-29(23-25)31(2,3)21-22-32-30)33(26-13-7-4-8-14-26,27-15-9-5-10-16-27)28-17-11-6-12-18-28/h4-20,23-24,32H,21-22H2,1-3H3/q+1. The SMILES string of the molecule is CC(c1ccc2c(c1)C(C)(C)CCN2)[P+](c1ccccc1)(c1ccccc1)c1ccccc1. The number of fused-ring (bicyclic) bond motifs is 1. The fraction of sp³-hybridized carbons (Fsp3) is 0.226. The van der Waals surface area contributed by atoms with Gasteiger partial charge in [0.15, 0.2) is 0 Å². The van der Waals surface area contributed by atoms with Crippen LogP contribution in [0.25, 0.3) is 0 Å². The van der Waals surface area contributed by atoms with Crippen LogP contribution >= 0.6 is 7.26 Å². The minimum absolute atomic E-state index is 0.184. The van der Waals surface area contributed by atoms with Crippen molar-refractivity contribution in [2.45, 2.75) is 38.3 Å². The first kappa shape index (κ1) is 21.9. The highest BCUT2D eigenvalue weighted by Gasteiger charge is 2.51. The van der Waals surface area contributed by atoms with Crippen LogP contribution in [0.5, 0.6) is 0 Å². The van der Waals surface area contributed by atoms with Gasteiger partial charge in [0.25, 0.3) is 0 Å². The van der Waals surface area contributed by atoms with Gasteiger partial charge in [-0.05, 0) is 78.4 Å². The fourth-order valence-corrected chi connectivity index (χ4v) is 10.3. The van der Waals surface area contributed by atoms with Crippen molar-refractivity contribution in [2.24, 2.45) is 0 Å². The highest BCUT2D eigenvalue weighted by molar-refractivity contribution is 7.95. The molecule has 2 heteroatoms. The van der Waals surface area contributed by atoms with Gasteiger partial charge in [-0.2, -0.15) is 0 Å². The third kappa shape index (κ3) is 3.79. The Bertz CT molecular complexity index is 1120. The lowest BCUT2D eigenvalue weighted by Gasteiger charge is -2.36. The lowest BCUT2D eigenvalue weighted by atomic mass is 9.77. The van der Waals surface area contributed by atoms with Crippen LogP contribution in [-0.4, -0.2) is 6.54 Å². The molecule has 1 unspecified atom stereocenters. The molecule has 1 atom stereocenters. The van der Waals surface area contributed by atoms with Crippen molar-refractivity contribution in [1.82, 2.24) is 0 Å². The van der Waals surface area contributed by atoms with Crippen LogP contribution in [0.1, 0.15) is 44.0 Å². The third-order valence-electron chi connectivity index (χ3n) is 7.39. The third-order valence-corrected chi connectivity index (χ3v) is 12.2. The maximum Gasteiger partial charge on any atom is 0.119 e. The molecule has 1 N–H and O–H groups in total. The predicted octanol–water partition coefficient (Wildman–Crippen LogP) is 6.83. The molecule has 0 amide bonds. The summed E-state index contributed by atoms with van der Waals surface area (Å²) in [4.78, 5) is 0. The average molecular weight is 451 g/mol. The molecule has 0 radical (unpaired) electrons. The van der Waals surface area contributed by atoms with Crippen molar-refractivity contribution in [3.05, 3.63) is 120 Å². The zero-order chi connectivity index (χ0) is 22.9. The molecule has 0 saturated carbocycles. The second-order valence-electron chi connectivity index (χ2n) is 9.77. The summed E-state index contributed by atoms with van der Waals surface area (Å²) in [5.41, 5.74) is 4.70. The minimum atomic E-state index is -1.96. The van der Waals surface area contributed by atoms with Crippen LogP contribution < -0.4 is 21.2 Å². The van der Waals surface area contributed by atoms with Crippen LogP contribution in [0.15, 0.2) is 109 Å². The van der Waals surface area contributed by atoms with Crippen LogP contribution in [-0.2, 0) is 5.41 Å². The molecule has 0 aromatic heterocycles. The molecule has 4 aromatic carbocycles. The summed E-state index contributed by atoms with van der Waals surface area (Å²) in [6.45, 7) is 8.26. The molecular weight excluding hydrogens is 417 g/mol. The second-order valence-corrected chi connectivity index (χ2v) is 13.5. The molecule has 33 heavy (non-hydrogen) atoms. The molecule has 4 aromatic rings. The molecule has 1 heterocycles. The molecule has 5 rings (SSSR count). The molecule has 0 bridgehead atoms. The quantitative estimate of drug-likeness (QED) is 0.329. The highest BCUT2D eigenvalue weighted by Crippen LogP contribution is 2.66. The number of nitrogens with one attached hydrogen (secondary N) is 1. The number of anilines is 1. The van der Waals surface area contributed by atoms with Gasteiger partial charge in [0.1, 0.15) is 28.8 Å². The Kier molecular flexibility index (Phi) is 5.85. The van der Waals surface area contributed by atoms with Crippen molar-refractivity contribution in [1.29, 1.82) is 0 Å². The molecule has 0 spiro atoms. The minimum Gasteiger partial charge on any atom is -0.385 e. The van der Waals surface area contributed by atoms with E-state index >= 15 is 0 Å². The lowest BCUT2D eigenvalue weighted by molar-refractivity contribution is 0.481. The molecule has 0 saturated heterocycles. The van der Waals surface area contributed by atoms with Gasteiger partial charge in [-0.3, -0.25) is 0 Å².